The summed E-state index contributed by atoms with van der Waals surface area (Å²) in [7, 11) is 0. The number of carbonyl (C=O) groups is 2. The highest BCUT2D eigenvalue weighted by Crippen LogP contribution is 2.37. The van der Waals surface area contributed by atoms with E-state index < -0.39 is 5.25 Å². The van der Waals surface area contributed by atoms with Gasteiger partial charge in [-0.1, -0.05) is 41.7 Å². The van der Waals surface area contributed by atoms with Crippen molar-refractivity contribution in [1.29, 1.82) is 0 Å². The van der Waals surface area contributed by atoms with Gasteiger partial charge in [-0.2, -0.15) is 0 Å². The van der Waals surface area contributed by atoms with Crippen LogP contribution in [0, 0.1) is 6.92 Å². The first-order valence-corrected chi connectivity index (χ1v) is 11.1. The van der Waals surface area contributed by atoms with Gasteiger partial charge in [0, 0.05) is 10.6 Å². The third-order valence-corrected chi connectivity index (χ3v) is 6.23. The van der Waals surface area contributed by atoms with Crippen molar-refractivity contribution in [2.75, 3.05) is 10.6 Å². The van der Waals surface area contributed by atoms with Crippen molar-refractivity contribution in [1.82, 2.24) is 10.2 Å². The van der Waals surface area contributed by atoms with Crippen molar-refractivity contribution >= 4 is 45.7 Å². The van der Waals surface area contributed by atoms with E-state index in [0.717, 1.165) is 15.5 Å². The molecule has 2 aromatic carbocycles. The molecule has 4 aromatic rings. The lowest BCUT2D eigenvalue weighted by molar-refractivity contribution is -0.115. The summed E-state index contributed by atoms with van der Waals surface area (Å²) in [6.07, 6.45) is 1.45. The first-order chi connectivity index (χ1) is 15.1. The predicted octanol–water partition coefficient (Wildman–Crippen LogP) is 5.16. The number of thioether (sulfide) groups is 1. The maximum Gasteiger partial charge on any atom is 0.291 e. The maximum absolute atomic E-state index is 13.0. The van der Waals surface area contributed by atoms with Gasteiger partial charge in [0.15, 0.2) is 5.76 Å². The van der Waals surface area contributed by atoms with Crippen molar-refractivity contribution in [2.45, 2.75) is 17.1 Å². The number of hydrogen-bond acceptors (Lipinski definition) is 7. The minimum absolute atomic E-state index is 0.178. The summed E-state index contributed by atoms with van der Waals surface area (Å²) in [5.41, 5.74) is 1.51. The van der Waals surface area contributed by atoms with E-state index in [-0.39, 0.29) is 17.6 Å². The van der Waals surface area contributed by atoms with Crippen molar-refractivity contribution in [3.05, 3.63) is 89.3 Å². The van der Waals surface area contributed by atoms with Crippen LogP contribution in [0.5, 0.6) is 0 Å². The molecule has 4 rings (SSSR count). The van der Waals surface area contributed by atoms with E-state index >= 15 is 0 Å². The Morgan fingerprint density at radius 2 is 1.74 bits per heavy atom. The lowest BCUT2D eigenvalue weighted by atomic mass is 10.1. The molecule has 1 atom stereocenters. The second-order valence-electron chi connectivity index (χ2n) is 6.48. The van der Waals surface area contributed by atoms with Gasteiger partial charge in [0.25, 0.3) is 5.91 Å². The standard InChI is InChI=1S/C22H18N4O3S2/c1-14-25-26-22(30-14)24-21(28)19(15-6-3-2-4-7-15)31-17-11-9-16(10-12-17)23-20(27)18-8-5-13-29-18/h2-13,19H,1H3,(H,23,27)(H,24,26,28). The number of benzene rings is 2. The van der Waals surface area contributed by atoms with Gasteiger partial charge in [-0.15, -0.1) is 22.0 Å². The van der Waals surface area contributed by atoms with Crippen LogP contribution < -0.4 is 10.6 Å². The normalized spacial score (nSPS) is 11.6. The van der Waals surface area contributed by atoms with Crippen LogP contribution >= 0.6 is 23.1 Å². The van der Waals surface area contributed by atoms with Crippen LogP contribution in [0.2, 0.25) is 0 Å². The Kier molecular flexibility index (Phi) is 6.44. The molecule has 0 saturated carbocycles. The zero-order chi connectivity index (χ0) is 21.6. The molecular formula is C22H18N4O3S2. The van der Waals surface area contributed by atoms with Gasteiger partial charge in [-0.3, -0.25) is 14.9 Å². The molecular weight excluding hydrogens is 432 g/mol. The summed E-state index contributed by atoms with van der Waals surface area (Å²) >= 11 is 2.74. The molecule has 31 heavy (non-hydrogen) atoms. The summed E-state index contributed by atoms with van der Waals surface area (Å²) in [6.45, 7) is 1.84. The molecule has 2 heterocycles. The average molecular weight is 451 g/mol. The summed E-state index contributed by atoms with van der Waals surface area (Å²) in [4.78, 5) is 26.0. The molecule has 0 spiro atoms. The minimum Gasteiger partial charge on any atom is -0.459 e. The summed E-state index contributed by atoms with van der Waals surface area (Å²) < 4.78 is 5.10. The zero-order valence-electron chi connectivity index (χ0n) is 16.4. The Balaban J connectivity index is 1.48. The Morgan fingerprint density at radius 3 is 2.39 bits per heavy atom. The molecule has 7 nitrogen and oxygen atoms in total. The van der Waals surface area contributed by atoms with Gasteiger partial charge < -0.3 is 9.73 Å². The molecule has 9 heteroatoms. The van der Waals surface area contributed by atoms with Gasteiger partial charge >= 0.3 is 0 Å². The fraction of sp³-hybridized carbons (Fsp3) is 0.0909. The Labute approximate surface area is 186 Å². The lowest BCUT2D eigenvalue weighted by Gasteiger charge is -2.16. The van der Waals surface area contributed by atoms with Crippen molar-refractivity contribution in [3.8, 4) is 0 Å². The highest BCUT2D eigenvalue weighted by molar-refractivity contribution is 8.00. The lowest BCUT2D eigenvalue weighted by Crippen LogP contribution is -2.19. The third kappa shape index (κ3) is 5.39. The first-order valence-electron chi connectivity index (χ1n) is 9.36. The second-order valence-corrected chi connectivity index (χ2v) is 8.84. The molecule has 1 unspecified atom stereocenters. The molecule has 0 fully saturated rings. The van der Waals surface area contributed by atoms with Crippen LogP contribution in [-0.4, -0.2) is 22.0 Å². The molecule has 0 aliphatic rings. The fourth-order valence-electron chi connectivity index (χ4n) is 2.77. The van der Waals surface area contributed by atoms with E-state index in [2.05, 4.69) is 20.8 Å². The van der Waals surface area contributed by atoms with E-state index in [4.69, 9.17) is 4.42 Å². The molecule has 0 aliphatic carbocycles. The molecule has 2 amide bonds. The number of hydrogen-bond donors (Lipinski definition) is 2. The number of rotatable bonds is 7. The van der Waals surface area contributed by atoms with E-state index in [1.165, 1.54) is 29.4 Å². The highest BCUT2D eigenvalue weighted by atomic mass is 32.2. The molecule has 0 bridgehead atoms. The van der Waals surface area contributed by atoms with Crippen LogP contribution in [0.15, 0.2) is 82.3 Å². The summed E-state index contributed by atoms with van der Waals surface area (Å²) in [5, 5.41) is 14.3. The van der Waals surface area contributed by atoms with Crippen LogP contribution in [0.4, 0.5) is 10.8 Å². The van der Waals surface area contributed by atoms with Crippen LogP contribution in [0.3, 0.4) is 0 Å². The number of nitrogens with zero attached hydrogens (tertiary/aromatic N) is 2. The number of aryl methyl sites for hydroxylation is 1. The first kappa shape index (κ1) is 20.8. The number of anilines is 2. The Morgan fingerprint density at radius 1 is 0.968 bits per heavy atom. The van der Waals surface area contributed by atoms with Gasteiger partial charge in [-0.05, 0) is 48.9 Å². The molecule has 156 valence electrons. The Hall–Kier alpha value is -3.43. The monoisotopic (exact) mass is 450 g/mol. The minimum atomic E-state index is -0.478. The van der Waals surface area contributed by atoms with Gasteiger partial charge in [0.2, 0.25) is 11.0 Å². The predicted molar refractivity (Wildman–Crippen MR) is 121 cm³/mol. The van der Waals surface area contributed by atoms with E-state index in [9.17, 15) is 9.59 Å². The molecule has 2 aromatic heterocycles. The smallest absolute Gasteiger partial charge is 0.291 e. The van der Waals surface area contributed by atoms with Crippen LogP contribution in [0.1, 0.15) is 26.4 Å². The number of amides is 2. The van der Waals surface area contributed by atoms with Crippen LogP contribution in [0.25, 0.3) is 0 Å². The van der Waals surface area contributed by atoms with Crippen LogP contribution in [-0.2, 0) is 4.79 Å². The number of carbonyl (C=O) groups excluding carboxylic acids is 2. The number of furan rings is 1. The second kappa shape index (κ2) is 9.59. The molecule has 0 radical (unpaired) electrons. The van der Waals surface area contributed by atoms with E-state index in [1.807, 2.05) is 49.4 Å². The number of nitrogens with one attached hydrogen (secondary N) is 2. The SMILES string of the molecule is Cc1nnc(NC(=O)C(Sc2ccc(NC(=O)c3ccco3)cc2)c2ccccc2)s1. The van der Waals surface area contributed by atoms with Crippen molar-refractivity contribution < 1.29 is 14.0 Å². The quantitative estimate of drug-likeness (QED) is 0.377. The summed E-state index contributed by atoms with van der Waals surface area (Å²) in [6, 6.07) is 20.1. The fourth-order valence-corrected chi connectivity index (χ4v) is 4.39. The zero-order valence-corrected chi connectivity index (χ0v) is 18.1. The van der Waals surface area contributed by atoms with Gasteiger partial charge in [0.05, 0.1) is 6.26 Å². The molecule has 0 saturated heterocycles. The summed E-state index contributed by atoms with van der Waals surface area (Å²) in [5.74, 6) is -0.256. The maximum atomic E-state index is 13.0. The average Bonchev–Trinajstić information content (AvgIpc) is 3.46. The Bertz CT molecular complexity index is 1160. The number of aromatic nitrogens is 2. The van der Waals surface area contributed by atoms with Gasteiger partial charge in [-0.25, -0.2) is 0 Å². The largest absolute Gasteiger partial charge is 0.459 e. The topological polar surface area (TPSA) is 97.1 Å². The highest BCUT2D eigenvalue weighted by Gasteiger charge is 2.23. The van der Waals surface area contributed by atoms with Crippen molar-refractivity contribution in [2.24, 2.45) is 0 Å². The van der Waals surface area contributed by atoms with Crippen molar-refractivity contribution in [3.63, 3.8) is 0 Å². The molecule has 2 N–H and O–H groups in total. The third-order valence-electron chi connectivity index (χ3n) is 4.21. The van der Waals surface area contributed by atoms with E-state index in [0.29, 0.717) is 10.8 Å². The molecule has 0 aliphatic heterocycles. The van der Waals surface area contributed by atoms with Gasteiger partial charge in [0.1, 0.15) is 10.3 Å². The van der Waals surface area contributed by atoms with E-state index in [1.54, 1.807) is 24.3 Å².